The van der Waals surface area contributed by atoms with Crippen molar-refractivity contribution in [1.82, 2.24) is 29.5 Å². The number of hydrogen-bond donors (Lipinski definition) is 0. The van der Waals surface area contributed by atoms with Gasteiger partial charge in [-0.05, 0) is 46.7 Å². The Morgan fingerprint density at radius 3 is 2.47 bits per heavy atom. The highest BCUT2D eigenvalue weighted by Gasteiger charge is 2.26. The number of pyridine rings is 1. The molecule has 0 aliphatic heterocycles. The Labute approximate surface area is 186 Å². The summed E-state index contributed by atoms with van der Waals surface area (Å²) in [6.45, 7) is 2.39. The molecule has 4 rings (SSSR count). The number of methoxy groups -OCH3 is 1. The largest absolute Gasteiger partial charge is 0.494 e. The normalized spacial score (nSPS) is 11.6. The Morgan fingerprint density at radius 2 is 1.81 bits per heavy atom. The SMILES string of the molecule is COc1cc(S(=O)(=O)N(Cc2ccc(C)cc2)Cc2cccnc2)ccc1-n1cnnn1. The van der Waals surface area contributed by atoms with Crippen LogP contribution in [0, 0.1) is 6.92 Å². The van der Waals surface area contributed by atoms with Gasteiger partial charge in [0.2, 0.25) is 10.0 Å². The van der Waals surface area contributed by atoms with E-state index in [2.05, 4.69) is 20.5 Å². The Kier molecular flexibility index (Phi) is 6.24. The summed E-state index contributed by atoms with van der Waals surface area (Å²) in [6, 6.07) is 16.1. The molecule has 0 amide bonds. The van der Waals surface area contributed by atoms with Gasteiger partial charge in [0.15, 0.2) is 0 Å². The lowest BCUT2D eigenvalue weighted by atomic mass is 10.1. The van der Waals surface area contributed by atoms with Crippen molar-refractivity contribution in [2.24, 2.45) is 0 Å². The number of benzene rings is 2. The van der Waals surface area contributed by atoms with E-state index in [0.717, 1.165) is 16.7 Å². The number of hydrogen-bond acceptors (Lipinski definition) is 7. The lowest BCUT2D eigenvalue weighted by Gasteiger charge is -2.23. The van der Waals surface area contributed by atoms with Gasteiger partial charge in [0, 0.05) is 31.5 Å². The number of sulfonamides is 1. The number of aryl methyl sites for hydroxylation is 1. The summed E-state index contributed by atoms with van der Waals surface area (Å²) < 4.78 is 35.6. The molecule has 2 aromatic heterocycles. The third-order valence-electron chi connectivity index (χ3n) is 4.95. The van der Waals surface area contributed by atoms with Gasteiger partial charge < -0.3 is 4.74 Å². The van der Waals surface area contributed by atoms with Crippen LogP contribution in [-0.4, -0.2) is 45.0 Å². The van der Waals surface area contributed by atoms with Crippen molar-refractivity contribution in [2.75, 3.05) is 7.11 Å². The number of nitrogens with zero attached hydrogens (tertiary/aromatic N) is 6. The summed E-state index contributed by atoms with van der Waals surface area (Å²) in [6.07, 6.45) is 4.74. The van der Waals surface area contributed by atoms with Crippen LogP contribution in [0.15, 0.2) is 78.2 Å². The molecular formula is C22H22N6O3S. The Balaban J connectivity index is 1.72. The van der Waals surface area contributed by atoms with Crippen LogP contribution in [0.3, 0.4) is 0 Å². The minimum Gasteiger partial charge on any atom is -0.494 e. The summed E-state index contributed by atoms with van der Waals surface area (Å²) >= 11 is 0. The van der Waals surface area contributed by atoms with Crippen molar-refractivity contribution >= 4 is 10.0 Å². The molecule has 32 heavy (non-hydrogen) atoms. The molecule has 10 heteroatoms. The molecule has 0 unspecified atom stereocenters. The molecule has 0 bridgehead atoms. The first kappa shape index (κ1) is 21.6. The van der Waals surface area contributed by atoms with Crippen molar-refractivity contribution in [3.05, 3.63) is 90.0 Å². The molecule has 0 atom stereocenters. The molecule has 164 valence electrons. The minimum atomic E-state index is -3.86. The predicted octanol–water partition coefficient (Wildman–Crippen LogP) is 2.77. The summed E-state index contributed by atoms with van der Waals surface area (Å²) in [4.78, 5) is 4.23. The molecule has 2 aromatic carbocycles. The van der Waals surface area contributed by atoms with E-state index in [1.807, 2.05) is 37.3 Å². The van der Waals surface area contributed by atoms with E-state index in [0.29, 0.717) is 11.4 Å². The van der Waals surface area contributed by atoms with Gasteiger partial charge in [-0.1, -0.05) is 35.9 Å². The van der Waals surface area contributed by atoms with E-state index in [-0.39, 0.29) is 18.0 Å². The average Bonchev–Trinajstić information content (AvgIpc) is 3.35. The monoisotopic (exact) mass is 450 g/mol. The maximum atomic E-state index is 13.7. The topological polar surface area (TPSA) is 103 Å². The molecule has 0 saturated heterocycles. The lowest BCUT2D eigenvalue weighted by molar-refractivity contribution is 0.397. The van der Waals surface area contributed by atoms with Gasteiger partial charge in [-0.15, -0.1) is 5.10 Å². The van der Waals surface area contributed by atoms with Crippen molar-refractivity contribution in [1.29, 1.82) is 0 Å². The van der Waals surface area contributed by atoms with Gasteiger partial charge in [0.1, 0.15) is 17.8 Å². The van der Waals surface area contributed by atoms with Crippen LogP contribution in [0.25, 0.3) is 5.69 Å². The summed E-state index contributed by atoms with van der Waals surface area (Å²) in [5, 5.41) is 11.1. The average molecular weight is 451 g/mol. The maximum Gasteiger partial charge on any atom is 0.243 e. The third-order valence-corrected chi connectivity index (χ3v) is 6.73. The second-order valence-electron chi connectivity index (χ2n) is 7.21. The van der Waals surface area contributed by atoms with E-state index in [1.54, 1.807) is 24.5 Å². The fraction of sp³-hybridized carbons (Fsp3) is 0.182. The van der Waals surface area contributed by atoms with Crippen LogP contribution in [0.2, 0.25) is 0 Å². The zero-order valence-corrected chi connectivity index (χ0v) is 18.5. The first-order chi connectivity index (χ1) is 15.5. The van der Waals surface area contributed by atoms with Crippen LogP contribution < -0.4 is 4.74 Å². The molecule has 4 aromatic rings. The van der Waals surface area contributed by atoms with Crippen LogP contribution in [0.1, 0.15) is 16.7 Å². The van der Waals surface area contributed by atoms with Gasteiger partial charge in [-0.3, -0.25) is 4.98 Å². The molecule has 0 aliphatic rings. The number of ether oxygens (including phenoxy) is 1. The molecule has 0 saturated carbocycles. The first-order valence-electron chi connectivity index (χ1n) is 9.83. The van der Waals surface area contributed by atoms with E-state index in [9.17, 15) is 8.42 Å². The molecule has 9 nitrogen and oxygen atoms in total. The van der Waals surface area contributed by atoms with Crippen LogP contribution >= 0.6 is 0 Å². The maximum absolute atomic E-state index is 13.7. The Morgan fingerprint density at radius 1 is 1.03 bits per heavy atom. The van der Waals surface area contributed by atoms with E-state index >= 15 is 0 Å². The van der Waals surface area contributed by atoms with Crippen LogP contribution in [0.4, 0.5) is 0 Å². The van der Waals surface area contributed by atoms with Gasteiger partial charge >= 0.3 is 0 Å². The molecule has 0 radical (unpaired) electrons. The highest BCUT2D eigenvalue weighted by Crippen LogP contribution is 2.28. The fourth-order valence-electron chi connectivity index (χ4n) is 3.25. The zero-order valence-electron chi connectivity index (χ0n) is 17.7. The number of rotatable bonds is 8. The second kappa shape index (κ2) is 9.25. The molecular weight excluding hydrogens is 428 g/mol. The van der Waals surface area contributed by atoms with Gasteiger partial charge in [-0.25, -0.2) is 8.42 Å². The standard InChI is InChI=1S/C22H22N6O3S/c1-17-5-7-18(8-6-17)14-27(15-19-4-3-11-23-13-19)32(29,30)20-9-10-21(22(12-20)31-2)28-16-24-25-26-28/h3-13,16H,14-15H2,1-2H3. The van der Waals surface area contributed by atoms with Crippen molar-refractivity contribution in [3.8, 4) is 11.4 Å². The Hall–Kier alpha value is -3.63. The highest BCUT2D eigenvalue weighted by atomic mass is 32.2. The summed E-state index contributed by atoms with van der Waals surface area (Å²) in [5.74, 6) is 0.343. The number of aromatic nitrogens is 5. The van der Waals surface area contributed by atoms with Crippen molar-refractivity contribution in [3.63, 3.8) is 0 Å². The summed E-state index contributed by atoms with van der Waals surface area (Å²) in [5.41, 5.74) is 3.33. The predicted molar refractivity (Wildman–Crippen MR) is 118 cm³/mol. The molecule has 0 fully saturated rings. The molecule has 2 heterocycles. The quantitative estimate of drug-likeness (QED) is 0.407. The Bertz CT molecular complexity index is 1280. The summed E-state index contributed by atoms with van der Waals surface area (Å²) in [7, 11) is -2.39. The lowest BCUT2D eigenvalue weighted by Crippen LogP contribution is -2.30. The molecule has 0 spiro atoms. The van der Waals surface area contributed by atoms with Crippen molar-refractivity contribution < 1.29 is 13.2 Å². The first-order valence-corrected chi connectivity index (χ1v) is 11.3. The van der Waals surface area contributed by atoms with E-state index in [4.69, 9.17) is 4.74 Å². The smallest absolute Gasteiger partial charge is 0.243 e. The van der Waals surface area contributed by atoms with E-state index < -0.39 is 10.0 Å². The van der Waals surface area contributed by atoms with Crippen LogP contribution in [0.5, 0.6) is 5.75 Å². The molecule has 0 N–H and O–H groups in total. The number of tetrazole rings is 1. The molecule has 0 aliphatic carbocycles. The second-order valence-corrected chi connectivity index (χ2v) is 9.15. The van der Waals surface area contributed by atoms with Crippen molar-refractivity contribution in [2.45, 2.75) is 24.9 Å². The highest BCUT2D eigenvalue weighted by molar-refractivity contribution is 7.89. The fourth-order valence-corrected chi connectivity index (χ4v) is 4.68. The van der Waals surface area contributed by atoms with Gasteiger partial charge in [0.05, 0.1) is 12.0 Å². The minimum absolute atomic E-state index is 0.113. The zero-order chi connectivity index (χ0) is 22.6. The third kappa shape index (κ3) is 4.66. The van der Waals surface area contributed by atoms with Gasteiger partial charge in [0.25, 0.3) is 0 Å². The van der Waals surface area contributed by atoms with Crippen LogP contribution in [-0.2, 0) is 23.1 Å². The van der Waals surface area contributed by atoms with E-state index in [1.165, 1.54) is 34.6 Å². The van der Waals surface area contributed by atoms with Gasteiger partial charge in [-0.2, -0.15) is 8.99 Å².